The molecule has 0 atom stereocenters. The molecule has 16 heavy (non-hydrogen) atoms. The standard InChI is InChI=1S/C12H22N2O2/c1-12(2)11(16)13-7-8-14(12)9-3-5-10(15)6-4-9/h9-10,15H,3-8H2,1-2H3,(H,13,16). The van der Waals surface area contributed by atoms with E-state index >= 15 is 0 Å². The molecular weight excluding hydrogens is 204 g/mol. The number of carbonyl (C=O) groups excluding carboxylic acids is 1. The fourth-order valence-electron chi connectivity index (χ4n) is 2.93. The third kappa shape index (κ3) is 2.09. The van der Waals surface area contributed by atoms with Gasteiger partial charge in [0.25, 0.3) is 0 Å². The molecule has 1 aliphatic heterocycles. The molecule has 1 saturated carbocycles. The zero-order chi connectivity index (χ0) is 11.8. The van der Waals surface area contributed by atoms with E-state index in [1.807, 2.05) is 13.8 Å². The molecule has 4 nitrogen and oxygen atoms in total. The maximum Gasteiger partial charge on any atom is 0.240 e. The SMILES string of the molecule is CC1(C)C(=O)NCCN1C1CCC(O)CC1. The van der Waals surface area contributed by atoms with Gasteiger partial charge in [-0.3, -0.25) is 9.69 Å². The molecule has 0 aromatic rings. The number of aliphatic hydroxyl groups is 1. The first-order chi connectivity index (χ1) is 7.51. The minimum atomic E-state index is -0.398. The molecule has 2 aliphatic rings. The summed E-state index contributed by atoms with van der Waals surface area (Å²) in [6.07, 6.45) is 3.64. The summed E-state index contributed by atoms with van der Waals surface area (Å²) in [7, 11) is 0. The minimum absolute atomic E-state index is 0.127. The lowest BCUT2D eigenvalue weighted by Gasteiger charge is -2.47. The lowest BCUT2D eigenvalue weighted by Crippen LogP contribution is -2.64. The zero-order valence-corrected chi connectivity index (χ0v) is 10.2. The van der Waals surface area contributed by atoms with Crippen molar-refractivity contribution in [2.24, 2.45) is 0 Å². The predicted molar refractivity (Wildman–Crippen MR) is 62.1 cm³/mol. The van der Waals surface area contributed by atoms with Crippen LogP contribution >= 0.6 is 0 Å². The number of carbonyl (C=O) groups is 1. The molecule has 0 bridgehead atoms. The van der Waals surface area contributed by atoms with E-state index < -0.39 is 5.54 Å². The van der Waals surface area contributed by atoms with E-state index in [-0.39, 0.29) is 12.0 Å². The van der Waals surface area contributed by atoms with Crippen LogP contribution in [0.15, 0.2) is 0 Å². The molecule has 92 valence electrons. The molecule has 0 aromatic carbocycles. The Bertz CT molecular complexity index is 270. The molecule has 2 N–H and O–H groups in total. The summed E-state index contributed by atoms with van der Waals surface area (Å²) in [6, 6.07) is 0.462. The number of hydrogen-bond donors (Lipinski definition) is 2. The first-order valence-corrected chi connectivity index (χ1v) is 6.25. The maximum absolute atomic E-state index is 11.8. The molecule has 4 heteroatoms. The summed E-state index contributed by atoms with van der Waals surface area (Å²) >= 11 is 0. The second kappa shape index (κ2) is 4.34. The number of aliphatic hydroxyl groups excluding tert-OH is 1. The zero-order valence-electron chi connectivity index (χ0n) is 10.2. The second-order valence-electron chi connectivity index (χ2n) is 5.47. The largest absolute Gasteiger partial charge is 0.393 e. The Morgan fingerprint density at radius 3 is 2.56 bits per heavy atom. The average Bonchev–Trinajstić information content (AvgIpc) is 2.24. The summed E-state index contributed by atoms with van der Waals surface area (Å²) in [5, 5.41) is 12.4. The van der Waals surface area contributed by atoms with E-state index in [2.05, 4.69) is 10.2 Å². The topological polar surface area (TPSA) is 52.6 Å². The third-order valence-electron chi connectivity index (χ3n) is 4.02. The molecule has 1 aliphatic carbocycles. The van der Waals surface area contributed by atoms with Gasteiger partial charge in [-0.05, 0) is 39.5 Å². The van der Waals surface area contributed by atoms with E-state index in [0.29, 0.717) is 6.04 Å². The molecule has 2 fully saturated rings. The lowest BCUT2D eigenvalue weighted by atomic mass is 9.87. The van der Waals surface area contributed by atoms with E-state index in [9.17, 15) is 9.90 Å². The molecule has 1 amide bonds. The number of amides is 1. The molecule has 0 aromatic heterocycles. The van der Waals surface area contributed by atoms with Crippen molar-refractivity contribution in [1.82, 2.24) is 10.2 Å². The Labute approximate surface area is 97.0 Å². The van der Waals surface area contributed by atoms with E-state index in [4.69, 9.17) is 0 Å². The second-order valence-corrected chi connectivity index (χ2v) is 5.47. The highest BCUT2D eigenvalue weighted by Gasteiger charge is 2.41. The Morgan fingerprint density at radius 2 is 1.94 bits per heavy atom. The Kier molecular flexibility index (Phi) is 3.22. The summed E-state index contributed by atoms with van der Waals surface area (Å²) in [5.41, 5.74) is -0.398. The van der Waals surface area contributed by atoms with Gasteiger partial charge < -0.3 is 10.4 Å². The minimum Gasteiger partial charge on any atom is -0.393 e. The van der Waals surface area contributed by atoms with Crippen molar-refractivity contribution < 1.29 is 9.90 Å². The van der Waals surface area contributed by atoms with Gasteiger partial charge in [0.2, 0.25) is 5.91 Å². The normalized spacial score (nSPS) is 35.8. The van der Waals surface area contributed by atoms with Gasteiger partial charge in [-0.2, -0.15) is 0 Å². The Hall–Kier alpha value is -0.610. The molecule has 2 rings (SSSR count). The van der Waals surface area contributed by atoms with Crippen LogP contribution in [0.25, 0.3) is 0 Å². The summed E-state index contributed by atoms with van der Waals surface area (Å²) in [5.74, 6) is 0.130. The molecular formula is C12H22N2O2. The maximum atomic E-state index is 11.8. The van der Waals surface area contributed by atoms with Gasteiger partial charge in [0.05, 0.1) is 11.6 Å². The molecule has 0 unspecified atom stereocenters. The highest BCUT2D eigenvalue weighted by molar-refractivity contribution is 5.86. The van der Waals surface area contributed by atoms with Crippen LogP contribution in [0.2, 0.25) is 0 Å². The predicted octanol–water partition coefficient (Wildman–Crippen LogP) is 0.500. The van der Waals surface area contributed by atoms with Crippen LogP contribution in [0.3, 0.4) is 0 Å². The van der Waals surface area contributed by atoms with Gasteiger partial charge in [-0.1, -0.05) is 0 Å². The van der Waals surface area contributed by atoms with Crippen LogP contribution < -0.4 is 5.32 Å². The van der Waals surface area contributed by atoms with Crippen LogP contribution in [0, 0.1) is 0 Å². The first-order valence-electron chi connectivity index (χ1n) is 6.25. The number of nitrogens with zero attached hydrogens (tertiary/aromatic N) is 1. The Balaban J connectivity index is 2.05. The van der Waals surface area contributed by atoms with Gasteiger partial charge in [0.1, 0.15) is 0 Å². The molecule has 0 radical (unpaired) electrons. The quantitative estimate of drug-likeness (QED) is 0.684. The highest BCUT2D eigenvalue weighted by atomic mass is 16.3. The van der Waals surface area contributed by atoms with Crippen molar-refractivity contribution in [3.8, 4) is 0 Å². The average molecular weight is 226 g/mol. The lowest BCUT2D eigenvalue weighted by molar-refractivity contribution is -0.138. The molecule has 1 heterocycles. The van der Waals surface area contributed by atoms with Crippen molar-refractivity contribution in [3.05, 3.63) is 0 Å². The van der Waals surface area contributed by atoms with Crippen molar-refractivity contribution in [2.45, 2.75) is 57.2 Å². The number of nitrogens with one attached hydrogen (secondary N) is 1. The van der Waals surface area contributed by atoms with Crippen LogP contribution in [0.1, 0.15) is 39.5 Å². The van der Waals surface area contributed by atoms with Gasteiger partial charge in [-0.15, -0.1) is 0 Å². The molecule has 0 spiro atoms. The number of rotatable bonds is 1. The number of piperazine rings is 1. The molecule has 1 saturated heterocycles. The van der Waals surface area contributed by atoms with Crippen molar-refractivity contribution in [2.75, 3.05) is 13.1 Å². The van der Waals surface area contributed by atoms with Crippen LogP contribution in [0.4, 0.5) is 0 Å². The fourth-order valence-corrected chi connectivity index (χ4v) is 2.93. The van der Waals surface area contributed by atoms with E-state index in [1.54, 1.807) is 0 Å². The smallest absolute Gasteiger partial charge is 0.240 e. The van der Waals surface area contributed by atoms with Gasteiger partial charge in [-0.25, -0.2) is 0 Å². The number of hydrogen-bond acceptors (Lipinski definition) is 3. The van der Waals surface area contributed by atoms with Crippen LogP contribution in [-0.2, 0) is 4.79 Å². The van der Waals surface area contributed by atoms with Crippen LogP contribution in [0.5, 0.6) is 0 Å². The van der Waals surface area contributed by atoms with Crippen LogP contribution in [-0.4, -0.2) is 46.7 Å². The summed E-state index contributed by atoms with van der Waals surface area (Å²) < 4.78 is 0. The van der Waals surface area contributed by atoms with E-state index in [0.717, 1.165) is 38.8 Å². The van der Waals surface area contributed by atoms with Gasteiger partial charge in [0.15, 0.2) is 0 Å². The Morgan fingerprint density at radius 1 is 1.31 bits per heavy atom. The third-order valence-corrected chi connectivity index (χ3v) is 4.02. The summed E-state index contributed by atoms with van der Waals surface area (Å²) in [6.45, 7) is 5.67. The van der Waals surface area contributed by atoms with Gasteiger partial charge >= 0.3 is 0 Å². The highest BCUT2D eigenvalue weighted by Crippen LogP contribution is 2.29. The van der Waals surface area contributed by atoms with Gasteiger partial charge in [0, 0.05) is 19.1 Å². The fraction of sp³-hybridized carbons (Fsp3) is 0.917. The van der Waals surface area contributed by atoms with Crippen molar-refractivity contribution in [1.29, 1.82) is 0 Å². The van der Waals surface area contributed by atoms with Crippen molar-refractivity contribution >= 4 is 5.91 Å². The van der Waals surface area contributed by atoms with E-state index in [1.165, 1.54) is 0 Å². The summed E-state index contributed by atoms with van der Waals surface area (Å²) in [4.78, 5) is 14.1. The first kappa shape index (κ1) is 11.9. The van der Waals surface area contributed by atoms with Crippen molar-refractivity contribution in [3.63, 3.8) is 0 Å². The monoisotopic (exact) mass is 226 g/mol.